The van der Waals surface area contributed by atoms with Gasteiger partial charge in [0.05, 0.1) is 7.11 Å². The maximum atomic E-state index is 6.23. The summed E-state index contributed by atoms with van der Waals surface area (Å²) in [6.07, 6.45) is 0. The van der Waals surface area contributed by atoms with Crippen LogP contribution >= 0.6 is 0 Å². The van der Waals surface area contributed by atoms with Crippen LogP contribution in [0.4, 0.5) is 0 Å². The Hall–Kier alpha value is -1.06. The summed E-state index contributed by atoms with van der Waals surface area (Å²) >= 11 is 0. The molecule has 1 atom stereocenters. The molecule has 0 saturated heterocycles. The first kappa shape index (κ1) is 15.0. The number of benzene rings is 1. The molecule has 0 fully saturated rings. The molecule has 0 aliphatic heterocycles. The monoisotopic (exact) mass is 250 g/mol. The second-order valence-corrected chi connectivity index (χ2v) is 5.70. The SMILES string of the molecule is CNC(c1ccc(OC)c(C(C)C)c1)C(C)(C)N. The standard InChI is InChI=1S/C15H26N2O/c1-10(2)12-9-11(7-8-13(12)18-6)14(17-5)15(3,4)16/h7-10,14,17H,16H2,1-6H3. The molecule has 1 unspecified atom stereocenters. The molecule has 1 rings (SSSR count). The quantitative estimate of drug-likeness (QED) is 0.844. The van der Waals surface area contributed by atoms with E-state index >= 15 is 0 Å². The van der Waals surface area contributed by atoms with Gasteiger partial charge in [-0.25, -0.2) is 0 Å². The first-order chi connectivity index (χ1) is 8.31. The average molecular weight is 250 g/mol. The number of nitrogens with two attached hydrogens (primary N) is 1. The molecule has 0 bridgehead atoms. The molecule has 0 aliphatic rings. The van der Waals surface area contributed by atoms with Crippen molar-refractivity contribution in [3.63, 3.8) is 0 Å². The summed E-state index contributed by atoms with van der Waals surface area (Å²) in [6, 6.07) is 6.43. The summed E-state index contributed by atoms with van der Waals surface area (Å²) in [4.78, 5) is 0. The van der Waals surface area contributed by atoms with E-state index in [-0.39, 0.29) is 11.6 Å². The largest absolute Gasteiger partial charge is 0.496 e. The summed E-state index contributed by atoms with van der Waals surface area (Å²) in [5.74, 6) is 1.37. The fourth-order valence-corrected chi connectivity index (χ4v) is 2.35. The highest BCUT2D eigenvalue weighted by atomic mass is 16.5. The van der Waals surface area contributed by atoms with Crippen molar-refractivity contribution in [3.05, 3.63) is 29.3 Å². The fraction of sp³-hybridized carbons (Fsp3) is 0.600. The predicted molar refractivity (Wildman–Crippen MR) is 77.2 cm³/mol. The maximum Gasteiger partial charge on any atom is 0.122 e. The van der Waals surface area contributed by atoms with E-state index in [0.29, 0.717) is 5.92 Å². The normalized spacial score (nSPS) is 13.8. The van der Waals surface area contributed by atoms with Gasteiger partial charge in [0.15, 0.2) is 0 Å². The molecule has 18 heavy (non-hydrogen) atoms. The number of hydrogen-bond donors (Lipinski definition) is 2. The maximum absolute atomic E-state index is 6.23. The van der Waals surface area contributed by atoms with Gasteiger partial charge in [0.2, 0.25) is 0 Å². The molecule has 3 nitrogen and oxygen atoms in total. The Labute approximate surface area is 111 Å². The summed E-state index contributed by atoms with van der Waals surface area (Å²) in [5.41, 5.74) is 8.34. The summed E-state index contributed by atoms with van der Waals surface area (Å²) < 4.78 is 5.41. The highest BCUT2D eigenvalue weighted by molar-refractivity contribution is 5.41. The molecule has 0 radical (unpaired) electrons. The van der Waals surface area contributed by atoms with E-state index in [1.807, 2.05) is 27.0 Å². The van der Waals surface area contributed by atoms with Crippen LogP contribution in [0.25, 0.3) is 0 Å². The van der Waals surface area contributed by atoms with E-state index in [1.54, 1.807) is 7.11 Å². The molecule has 0 saturated carbocycles. The molecule has 3 heteroatoms. The Morgan fingerprint density at radius 3 is 2.28 bits per heavy atom. The Morgan fingerprint density at radius 1 is 1.28 bits per heavy atom. The van der Waals surface area contributed by atoms with Gasteiger partial charge in [0, 0.05) is 11.6 Å². The number of likely N-dealkylation sites (N-methyl/N-ethyl adjacent to an activating group) is 1. The van der Waals surface area contributed by atoms with Crippen LogP contribution in [-0.2, 0) is 0 Å². The van der Waals surface area contributed by atoms with Crippen molar-refractivity contribution in [1.29, 1.82) is 0 Å². The molecular weight excluding hydrogens is 224 g/mol. The minimum atomic E-state index is -0.308. The average Bonchev–Trinajstić information content (AvgIpc) is 2.27. The summed E-state index contributed by atoms with van der Waals surface area (Å²) in [7, 11) is 3.65. The summed E-state index contributed by atoms with van der Waals surface area (Å²) in [6.45, 7) is 8.41. The number of rotatable bonds is 5. The van der Waals surface area contributed by atoms with Crippen LogP contribution in [0.15, 0.2) is 18.2 Å². The van der Waals surface area contributed by atoms with Gasteiger partial charge in [-0.3, -0.25) is 0 Å². The van der Waals surface area contributed by atoms with Crippen molar-refractivity contribution in [3.8, 4) is 5.75 Å². The Bertz CT molecular complexity index is 394. The molecule has 0 amide bonds. The van der Waals surface area contributed by atoms with Gasteiger partial charge in [-0.2, -0.15) is 0 Å². The molecular formula is C15H26N2O. The van der Waals surface area contributed by atoms with E-state index in [0.717, 1.165) is 5.75 Å². The van der Waals surface area contributed by atoms with Crippen LogP contribution in [0.1, 0.15) is 50.8 Å². The van der Waals surface area contributed by atoms with E-state index in [1.165, 1.54) is 11.1 Å². The van der Waals surface area contributed by atoms with Crippen LogP contribution in [0.2, 0.25) is 0 Å². The van der Waals surface area contributed by atoms with Gasteiger partial charge in [-0.05, 0) is 44.0 Å². The van der Waals surface area contributed by atoms with Crippen LogP contribution in [0.5, 0.6) is 5.75 Å². The second-order valence-electron chi connectivity index (χ2n) is 5.70. The van der Waals surface area contributed by atoms with Crippen molar-refractivity contribution in [2.24, 2.45) is 5.73 Å². The lowest BCUT2D eigenvalue weighted by Crippen LogP contribution is -2.45. The number of hydrogen-bond acceptors (Lipinski definition) is 3. The van der Waals surface area contributed by atoms with Gasteiger partial charge in [0.1, 0.15) is 5.75 Å². The molecule has 102 valence electrons. The number of ether oxygens (including phenoxy) is 1. The van der Waals surface area contributed by atoms with Crippen LogP contribution in [0, 0.1) is 0 Å². The minimum Gasteiger partial charge on any atom is -0.496 e. The number of nitrogens with one attached hydrogen (secondary N) is 1. The molecule has 1 aromatic carbocycles. The van der Waals surface area contributed by atoms with E-state index < -0.39 is 0 Å². The van der Waals surface area contributed by atoms with Crippen LogP contribution in [0.3, 0.4) is 0 Å². The Morgan fingerprint density at radius 2 is 1.89 bits per heavy atom. The minimum absolute atomic E-state index is 0.126. The van der Waals surface area contributed by atoms with E-state index in [2.05, 4.69) is 31.3 Å². The summed E-state index contributed by atoms with van der Waals surface area (Å²) in [5, 5.41) is 3.30. The van der Waals surface area contributed by atoms with Crippen molar-refractivity contribution in [2.45, 2.75) is 45.2 Å². The van der Waals surface area contributed by atoms with Gasteiger partial charge >= 0.3 is 0 Å². The predicted octanol–water partition coefficient (Wildman–Crippen LogP) is 2.82. The van der Waals surface area contributed by atoms with Crippen molar-refractivity contribution < 1.29 is 4.74 Å². The Balaban J connectivity index is 3.22. The third kappa shape index (κ3) is 3.24. The zero-order chi connectivity index (χ0) is 13.9. The van der Waals surface area contributed by atoms with Crippen molar-refractivity contribution >= 4 is 0 Å². The third-order valence-electron chi connectivity index (χ3n) is 3.24. The molecule has 0 aliphatic carbocycles. The molecule has 0 aromatic heterocycles. The highest BCUT2D eigenvalue weighted by Crippen LogP contribution is 2.31. The topological polar surface area (TPSA) is 47.3 Å². The van der Waals surface area contributed by atoms with Gasteiger partial charge in [-0.1, -0.05) is 26.0 Å². The fourth-order valence-electron chi connectivity index (χ4n) is 2.35. The Kier molecular flexibility index (Phi) is 4.77. The third-order valence-corrected chi connectivity index (χ3v) is 3.24. The number of methoxy groups -OCH3 is 1. The zero-order valence-electron chi connectivity index (χ0n) is 12.4. The van der Waals surface area contributed by atoms with Crippen molar-refractivity contribution in [1.82, 2.24) is 5.32 Å². The van der Waals surface area contributed by atoms with Gasteiger partial charge in [-0.15, -0.1) is 0 Å². The lowest BCUT2D eigenvalue weighted by atomic mass is 9.87. The van der Waals surface area contributed by atoms with Gasteiger partial charge in [0.25, 0.3) is 0 Å². The molecule has 3 N–H and O–H groups in total. The molecule has 0 spiro atoms. The smallest absolute Gasteiger partial charge is 0.122 e. The van der Waals surface area contributed by atoms with Crippen LogP contribution in [-0.4, -0.2) is 19.7 Å². The van der Waals surface area contributed by atoms with Crippen molar-refractivity contribution in [2.75, 3.05) is 14.2 Å². The first-order valence-electron chi connectivity index (χ1n) is 6.45. The molecule has 1 aromatic rings. The van der Waals surface area contributed by atoms with E-state index in [4.69, 9.17) is 10.5 Å². The second kappa shape index (κ2) is 5.72. The lowest BCUT2D eigenvalue weighted by Gasteiger charge is -2.31. The van der Waals surface area contributed by atoms with Gasteiger partial charge < -0.3 is 15.8 Å². The van der Waals surface area contributed by atoms with Crippen LogP contribution < -0.4 is 15.8 Å². The zero-order valence-corrected chi connectivity index (χ0v) is 12.4. The molecule has 0 heterocycles. The first-order valence-corrected chi connectivity index (χ1v) is 6.45. The highest BCUT2D eigenvalue weighted by Gasteiger charge is 2.26. The lowest BCUT2D eigenvalue weighted by molar-refractivity contribution is 0.368. The van der Waals surface area contributed by atoms with E-state index in [9.17, 15) is 0 Å².